The fourth-order valence-corrected chi connectivity index (χ4v) is 11.4. The molecule has 18 heteroatoms. The molecular weight excluding hydrogens is 993 g/mol. The van der Waals surface area contributed by atoms with Crippen molar-refractivity contribution in [2.75, 3.05) is 52.0 Å². The van der Waals surface area contributed by atoms with E-state index in [2.05, 4.69) is 246 Å². The summed E-state index contributed by atoms with van der Waals surface area (Å²) < 4.78 is 23.8. The van der Waals surface area contributed by atoms with Crippen molar-refractivity contribution in [3.8, 4) is 11.5 Å². The summed E-state index contributed by atoms with van der Waals surface area (Å²) in [6.45, 7) is 28.8. The van der Waals surface area contributed by atoms with Crippen molar-refractivity contribution in [2.45, 2.75) is 92.0 Å². The predicted molar refractivity (Wildman–Crippen MR) is 279 cm³/mol. The third-order valence-electron chi connectivity index (χ3n) is 17.0. The van der Waals surface area contributed by atoms with E-state index < -0.39 is 0 Å². The van der Waals surface area contributed by atoms with Crippen LogP contribution in [-0.2, 0) is 37.3 Å². The smallest absolute Gasteiger partial charge is 0.386 e. The fraction of sp³-hybridized carbons (Fsp3) is 0.417. The van der Waals surface area contributed by atoms with Gasteiger partial charge in [-0.2, -0.15) is 17.8 Å². The van der Waals surface area contributed by atoms with Crippen LogP contribution < -0.4 is 20.0 Å². The zero-order valence-corrected chi connectivity index (χ0v) is 44.4. The van der Waals surface area contributed by atoms with E-state index in [0.29, 0.717) is 11.5 Å². The summed E-state index contributed by atoms with van der Waals surface area (Å²) in [5, 5.41) is 9.33. The third kappa shape index (κ3) is 6.75. The quantitative estimate of drug-likeness (QED) is 0.0975. The molecule has 0 atom stereocenters. The Morgan fingerprint density at radius 1 is 0.652 bits per heavy atom. The number of pyridine rings is 1. The van der Waals surface area contributed by atoms with Gasteiger partial charge in [0, 0.05) is 54.9 Å². The molecule has 5 heterocycles. The summed E-state index contributed by atoms with van der Waals surface area (Å²) >= 11 is 0. The molecule has 0 radical (unpaired) electrons. The molecule has 11 nitrogen and oxygen atoms in total. The Balaban J connectivity index is 0.00000548. The average Bonchev–Trinajstić information content (AvgIpc) is 3.86. The van der Waals surface area contributed by atoms with Gasteiger partial charge in [-0.1, -0.05) is 111 Å². The first-order valence-corrected chi connectivity index (χ1v) is 23.5. The molecule has 4 aromatic carbocycles. The Morgan fingerprint density at radius 3 is 1.88 bits per heavy atom. The first-order valence-electron chi connectivity index (χ1n) is 23.5. The summed E-state index contributed by atoms with van der Waals surface area (Å²) in [6.07, 6.45) is 0. The number of hydrogen-bond acceptors (Lipinski definition) is 10. The van der Waals surface area contributed by atoms with Gasteiger partial charge in [-0.05, 0) is 81.7 Å². The van der Waals surface area contributed by atoms with E-state index in [1.807, 2.05) is 0 Å². The number of fused-ring (bicyclic) bond motifs is 4. The van der Waals surface area contributed by atoms with E-state index in [1.165, 1.54) is 27.4 Å². The topological polar surface area (TPSA) is 52.5 Å². The van der Waals surface area contributed by atoms with Crippen molar-refractivity contribution in [3.63, 3.8) is 0 Å². The summed E-state index contributed by atoms with van der Waals surface area (Å²) in [7, 11) is 13.3. The second-order valence-electron chi connectivity index (χ2n) is 21.7. The Hall–Kier alpha value is -3.67. The number of hydrogen-bond donors (Lipinski definition) is 0. The number of ether oxygens (including phenoxy) is 1. The van der Waals surface area contributed by atoms with Crippen LogP contribution in [0.2, 0.25) is 27.3 Å². The largest absolute Gasteiger partial charge is 0.520 e. The van der Waals surface area contributed by atoms with Gasteiger partial charge in [-0.25, -0.2) is 0 Å². The first-order chi connectivity index (χ1) is 30.6. The van der Waals surface area contributed by atoms with Crippen LogP contribution in [0.5, 0.6) is 11.5 Å². The molecule has 0 bridgehead atoms. The maximum absolute atomic E-state index is 6.98. The number of anilines is 3. The molecule has 0 spiro atoms. The van der Waals surface area contributed by atoms with E-state index in [-0.39, 0.29) is 79.3 Å². The van der Waals surface area contributed by atoms with Gasteiger partial charge >= 0.3 is 14.1 Å². The molecule has 0 unspecified atom stereocenters. The average molecular weight is 1060 g/mol. The summed E-state index contributed by atoms with van der Waals surface area (Å²) in [5.41, 5.74) is 9.65. The maximum atomic E-state index is 6.98. The minimum atomic E-state index is -0.237. The van der Waals surface area contributed by atoms with Crippen molar-refractivity contribution in [2.24, 2.45) is 0 Å². The second kappa shape index (κ2) is 16.2. The summed E-state index contributed by atoms with van der Waals surface area (Å²) in [4.78, 5) is 4.68. The van der Waals surface area contributed by atoms with Crippen LogP contribution in [0.25, 0.3) is 27.2 Å². The van der Waals surface area contributed by atoms with E-state index in [9.17, 15) is 0 Å². The van der Waals surface area contributed by atoms with Crippen LogP contribution in [0, 0.1) is 18.8 Å². The Bertz CT molecular complexity index is 2860. The minimum Gasteiger partial charge on any atom is -0.520 e. The van der Waals surface area contributed by atoms with Gasteiger partial charge in [-0.15, -0.1) is 47.0 Å². The summed E-state index contributed by atoms with van der Waals surface area (Å²) in [6, 6.07) is 31.8. The molecule has 6 aromatic rings. The molecule has 342 valence electrons. The van der Waals surface area contributed by atoms with Crippen LogP contribution in [0.3, 0.4) is 0 Å². The number of rotatable bonds is 5. The van der Waals surface area contributed by atoms with Gasteiger partial charge in [0.05, 0.1) is 11.1 Å². The van der Waals surface area contributed by atoms with E-state index >= 15 is 0 Å². The van der Waals surface area contributed by atoms with Crippen molar-refractivity contribution in [1.29, 1.82) is 0 Å². The first kappa shape index (κ1) is 47.4. The molecule has 0 saturated carbocycles. The number of nitrogens with zero attached hydrogens (tertiary/aromatic N) is 10. The van der Waals surface area contributed by atoms with E-state index in [0.717, 1.165) is 39.1 Å². The van der Waals surface area contributed by atoms with Crippen molar-refractivity contribution < 1.29 is 25.8 Å². The van der Waals surface area contributed by atoms with Crippen LogP contribution in [0.4, 0.5) is 17.1 Å². The van der Waals surface area contributed by atoms with Crippen molar-refractivity contribution in [3.05, 3.63) is 102 Å². The van der Waals surface area contributed by atoms with Crippen molar-refractivity contribution >= 4 is 91.9 Å². The zero-order valence-electron chi connectivity index (χ0n) is 42.1. The molecule has 2 fully saturated rings. The van der Waals surface area contributed by atoms with Gasteiger partial charge < -0.3 is 42.8 Å². The van der Waals surface area contributed by atoms with Crippen LogP contribution >= 0.6 is 0 Å². The van der Waals surface area contributed by atoms with Gasteiger partial charge in [-0.3, -0.25) is 4.52 Å². The van der Waals surface area contributed by atoms with Crippen molar-refractivity contribution in [1.82, 2.24) is 37.9 Å². The maximum Gasteiger partial charge on any atom is 0.386 e. The van der Waals surface area contributed by atoms with Gasteiger partial charge in [0.25, 0.3) is 27.9 Å². The number of aromatic nitrogens is 2. The number of para-hydroxylation sites is 2. The molecule has 0 N–H and O–H groups in total. The monoisotopic (exact) mass is 1060 g/mol. The fourth-order valence-electron chi connectivity index (χ4n) is 11.4. The minimum absolute atomic E-state index is 0. The third-order valence-corrected chi connectivity index (χ3v) is 17.0. The molecule has 66 heavy (non-hydrogen) atoms. The summed E-state index contributed by atoms with van der Waals surface area (Å²) in [5.74, 6) is 1.27. The molecule has 2 saturated heterocycles. The van der Waals surface area contributed by atoms with E-state index in [1.54, 1.807) is 0 Å². The molecule has 10 rings (SSSR count). The van der Waals surface area contributed by atoms with Crippen LogP contribution in [-0.4, -0.2) is 122 Å². The van der Waals surface area contributed by atoms with E-state index in [4.69, 9.17) is 9.84 Å². The van der Waals surface area contributed by atoms with Crippen LogP contribution in [0.15, 0.2) is 66.7 Å². The second-order valence-corrected chi connectivity index (χ2v) is 21.7. The molecule has 0 amide bonds. The zero-order chi connectivity index (χ0) is 46.6. The standard InChI is InChI=1S/C48H63B6N10O.Pt/c1-46(2,3)32-27-33(62-31-63(40-24-19-18-23-39(40)62)54-60(16)51(10)57(13)52(11)61(54)17)29-35(28-32)65-34-25-26-36-37-21-20-22-38-42(37)44-43(48(6,7)47(38,4)5)45(55-64(44)41(36)30-34)53-58(14)49(8)56(12)50(9)59(53)15;/h18-28,31H,1-17H3;/q-3;. The molecule has 2 aromatic heterocycles. The van der Waals surface area contributed by atoms with Gasteiger partial charge in [0.15, 0.2) is 0 Å². The Morgan fingerprint density at radius 2 is 1.26 bits per heavy atom. The predicted octanol–water partition coefficient (Wildman–Crippen LogP) is 7.74. The molecule has 1 aliphatic carbocycles. The molecular formula is C48H63B6N10OPt-3. The SMILES string of the molecule is CB1N(C)B(C)N(C)B(c2nn3c4[c-]c(Oc5[c-]c(N6[CH-]N(B7N(C)B(C)N(C)B(C)N7C)c7ccccc76)cc(C(C)(C)C)c5)ccc4c4cccc5c4c3c2C(C)(C)C5(C)C)N1C.[Pt]. The normalized spacial score (nSPS) is 20.0. The van der Waals surface area contributed by atoms with Crippen LogP contribution in [0.1, 0.15) is 65.2 Å². The Labute approximate surface area is 411 Å². The van der Waals surface area contributed by atoms with Gasteiger partial charge in [0.1, 0.15) is 0 Å². The molecule has 4 aliphatic rings. The Kier molecular flexibility index (Phi) is 11.6. The number of benzene rings is 4. The van der Waals surface area contributed by atoms with Gasteiger partial charge in [0.2, 0.25) is 0 Å². The molecule has 3 aliphatic heterocycles.